The first-order valence-electron chi connectivity index (χ1n) is 8.72. The highest BCUT2D eigenvalue weighted by Gasteiger charge is 2.30. The van der Waals surface area contributed by atoms with Crippen LogP contribution in [0, 0.1) is 0 Å². The van der Waals surface area contributed by atoms with E-state index in [0.29, 0.717) is 27.3 Å². The summed E-state index contributed by atoms with van der Waals surface area (Å²) in [7, 11) is 0. The van der Waals surface area contributed by atoms with Crippen molar-refractivity contribution in [2.75, 3.05) is 12.9 Å². The molecule has 1 aromatic heterocycles. The number of aromatic nitrogens is 1. The van der Waals surface area contributed by atoms with Gasteiger partial charge in [0.2, 0.25) is 0 Å². The molecule has 8 heteroatoms. The summed E-state index contributed by atoms with van der Waals surface area (Å²) in [4.78, 5) is 16.0. The maximum absolute atomic E-state index is 12.9. The molecule has 0 bridgehead atoms. The van der Waals surface area contributed by atoms with Crippen molar-refractivity contribution in [2.45, 2.75) is 18.0 Å². The molecule has 0 fully saturated rings. The van der Waals surface area contributed by atoms with E-state index in [4.69, 9.17) is 4.74 Å². The van der Waals surface area contributed by atoms with Crippen LogP contribution in [0.2, 0.25) is 0 Å². The average Bonchev–Trinajstić information content (AvgIpc) is 3.13. The number of aromatic amines is 1. The number of hydrogen-bond acceptors (Lipinski definition) is 3. The lowest BCUT2D eigenvalue weighted by molar-refractivity contribution is -0.137. The largest absolute Gasteiger partial charge is 0.612 e. The van der Waals surface area contributed by atoms with E-state index < -0.39 is 28.9 Å². The van der Waals surface area contributed by atoms with Crippen molar-refractivity contribution in [1.29, 1.82) is 0 Å². The van der Waals surface area contributed by atoms with Gasteiger partial charge in [-0.3, -0.25) is 0 Å². The van der Waals surface area contributed by atoms with Crippen LogP contribution in [0.4, 0.5) is 13.2 Å². The summed E-state index contributed by atoms with van der Waals surface area (Å²) < 4.78 is 55.6. The number of H-pyrrole nitrogens is 1. The minimum Gasteiger partial charge on any atom is -0.612 e. The molecule has 1 atom stereocenters. The van der Waals surface area contributed by atoms with Gasteiger partial charge in [0.05, 0.1) is 23.4 Å². The average molecular weight is 421 g/mol. The van der Waals surface area contributed by atoms with Gasteiger partial charge in [-0.15, -0.1) is 0 Å². The van der Waals surface area contributed by atoms with Gasteiger partial charge in [-0.1, -0.05) is 24.3 Å². The molecule has 0 radical (unpaired) electrons. The minimum atomic E-state index is -4.44. The number of rotatable bonds is 5. The zero-order chi connectivity index (χ0) is 21.2. The maximum atomic E-state index is 12.9. The van der Waals surface area contributed by atoms with E-state index >= 15 is 0 Å². The van der Waals surface area contributed by atoms with Crippen LogP contribution in [0.1, 0.15) is 22.8 Å². The van der Waals surface area contributed by atoms with Gasteiger partial charge < -0.3 is 14.3 Å². The lowest BCUT2D eigenvalue weighted by Crippen LogP contribution is -2.05. The third-order valence-corrected chi connectivity index (χ3v) is 5.25. The van der Waals surface area contributed by atoms with Crippen LogP contribution in [0.25, 0.3) is 22.4 Å². The Morgan fingerprint density at radius 2 is 1.83 bits per heavy atom. The molecule has 152 valence electrons. The first-order chi connectivity index (χ1) is 13.7. The molecule has 0 aliphatic carbocycles. The zero-order valence-electron chi connectivity index (χ0n) is 15.7. The van der Waals surface area contributed by atoms with E-state index in [0.717, 1.165) is 12.1 Å². The molecule has 0 amide bonds. The normalized spacial score (nSPS) is 12.6. The van der Waals surface area contributed by atoms with Gasteiger partial charge in [-0.2, -0.15) is 13.2 Å². The quantitative estimate of drug-likeness (QED) is 0.450. The molecule has 2 aromatic carbocycles. The Balaban J connectivity index is 2.16. The van der Waals surface area contributed by atoms with Crippen molar-refractivity contribution >= 4 is 17.1 Å². The van der Waals surface area contributed by atoms with Crippen LogP contribution in [0.15, 0.2) is 59.6 Å². The van der Waals surface area contributed by atoms with Crippen LogP contribution in [-0.4, -0.2) is 28.4 Å². The highest BCUT2D eigenvalue weighted by molar-refractivity contribution is 7.90. The molecule has 0 aliphatic heterocycles. The number of esters is 1. The summed E-state index contributed by atoms with van der Waals surface area (Å²) in [6, 6.07) is 11.5. The lowest BCUT2D eigenvalue weighted by atomic mass is 9.97. The Labute approximate surface area is 168 Å². The fourth-order valence-electron chi connectivity index (χ4n) is 2.98. The second-order valence-electron chi connectivity index (χ2n) is 6.23. The Bertz CT molecular complexity index is 1010. The van der Waals surface area contributed by atoms with Crippen molar-refractivity contribution in [1.82, 2.24) is 4.98 Å². The van der Waals surface area contributed by atoms with Crippen molar-refractivity contribution in [3.8, 4) is 22.4 Å². The Morgan fingerprint density at radius 1 is 1.14 bits per heavy atom. The predicted octanol–water partition coefficient (Wildman–Crippen LogP) is 5.28. The Morgan fingerprint density at radius 3 is 2.41 bits per heavy atom. The number of halogens is 3. The number of nitrogens with one attached hydrogen (secondary N) is 1. The van der Waals surface area contributed by atoms with E-state index in [1.165, 1.54) is 18.3 Å². The van der Waals surface area contributed by atoms with E-state index in [1.807, 2.05) is 0 Å². The maximum Gasteiger partial charge on any atom is 0.416 e. The summed E-state index contributed by atoms with van der Waals surface area (Å²) in [5.41, 5.74) is 1.53. The summed E-state index contributed by atoms with van der Waals surface area (Å²) in [5.74, 6) is -0.556. The molecular formula is C21H18F3NO3S. The van der Waals surface area contributed by atoms with Gasteiger partial charge in [-0.25, -0.2) is 4.79 Å². The molecule has 0 aliphatic rings. The monoisotopic (exact) mass is 421 g/mol. The summed E-state index contributed by atoms with van der Waals surface area (Å²) in [5, 5.41) is 0. The molecule has 0 saturated heterocycles. The number of carbonyl (C=O) groups excluding carboxylic acids is 1. The minimum absolute atomic E-state index is 0.179. The third-order valence-electron chi connectivity index (χ3n) is 4.33. The van der Waals surface area contributed by atoms with E-state index in [9.17, 15) is 22.5 Å². The second kappa shape index (κ2) is 8.34. The summed E-state index contributed by atoms with van der Waals surface area (Å²) in [6.07, 6.45) is -1.43. The molecule has 3 aromatic rings. The van der Waals surface area contributed by atoms with Crippen molar-refractivity contribution in [3.05, 3.63) is 65.9 Å². The summed E-state index contributed by atoms with van der Waals surface area (Å²) in [6.45, 7) is 1.86. The van der Waals surface area contributed by atoms with Gasteiger partial charge in [0.25, 0.3) is 0 Å². The Kier molecular flexibility index (Phi) is 6.04. The smallest absolute Gasteiger partial charge is 0.416 e. The molecule has 4 nitrogen and oxygen atoms in total. The highest BCUT2D eigenvalue weighted by atomic mass is 32.2. The van der Waals surface area contributed by atoms with Gasteiger partial charge in [-0.05, 0) is 47.4 Å². The van der Waals surface area contributed by atoms with Crippen molar-refractivity contribution < 1.29 is 27.3 Å². The van der Waals surface area contributed by atoms with Crippen molar-refractivity contribution in [2.24, 2.45) is 0 Å². The first-order valence-corrected chi connectivity index (χ1v) is 10.3. The fourth-order valence-corrected chi connectivity index (χ4v) is 3.54. The van der Waals surface area contributed by atoms with E-state index in [1.54, 1.807) is 37.4 Å². The molecule has 29 heavy (non-hydrogen) atoms. The molecular weight excluding hydrogens is 403 g/mol. The molecule has 1 heterocycles. The number of alkyl halides is 3. The molecule has 1 unspecified atom stereocenters. The van der Waals surface area contributed by atoms with E-state index in [2.05, 4.69) is 4.98 Å². The second-order valence-corrected chi connectivity index (χ2v) is 7.61. The topological polar surface area (TPSA) is 65.2 Å². The van der Waals surface area contributed by atoms with Crippen LogP contribution in [-0.2, 0) is 22.1 Å². The van der Waals surface area contributed by atoms with Gasteiger partial charge in [0, 0.05) is 17.8 Å². The van der Waals surface area contributed by atoms with Crippen LogP contribution >= 0.6 is 0 Å². The standard InChI is InChI=1S/C21H18F3NO3S/c1-3-28-20(26)17-12-25-19(13-7-9-15(10-8-13)21(22,23)24)18(17)14-5-4-6-16(11-14)29(2)27/h4-12,25H,3H2,1-2H3. The van der Waals surface area contributed by atoms with Crippen molar-refractivity contribution in [3.63, 3.8) is 0 Å². The van der Waals surface area contributed by atoms with E-state index in [-0.39, 0.29) is 12.2 Å². The highest BCUT2D eigenvalue weighted by Crippen LogP contribution is 2.37. The Hall–Kier alpha value is -2.71. The number of benzene rings is 2. The zero-order valence-corrected chi connectivity index (χ0v) is 16.5. The molecule has 0 saturated carbocycles. The first kappa shape index (κ1) is 21.0. The SMILES string of the molecule is CCOC(=O)c1c[nH]c(-c2ccc(C(F)(F)F)cc2)c1-c1cccc([S+](C)[O-])c1. The van der Waals surface area contributed by atoms with Gasteiger partial charge >= 0.3 is 12.1 Å². The third kappa shape index (κ3) is 4.49. The van der Waals surface area contributed by atoms with Crippen LogP contribution in [0.5, 0.6) is 0 Å². The number of hydrogen-bond donors (Lipinski definition) is 1. The molecule has 1 N–H and O–H groups in total. The fraction of sp³-hybridized carbons (Fsp3) is 0.190. The van der Waals surface area contributed by atoms with Gasteiger partial charge in [0.1, 0.15) is 6.26 Å². The number of ether oxygens (including phenoxy) is 1. The van der Waals surface area contributed by atoms with Crippen LogP contribution in [0.3, 0.4) is 0 Å². The lowest BCUT2D eigenvalue weighted by Gasteiger charge is -2.11. The summed E-state index contributed by atoms with van der Waals surface area (Å²) >= 11 is -1.24. The van der Waals surface area contributed by atoms with Gasteiger partial charge in [0.15, 0.2) is 4.90 Å². The van der Waals surface area contributed by atoms with Crippen LogP contribution < -0.4 is 0 Å². The molecule has 3 rings (SSSR count). The molecule has 0 spiro atoms. The predicted molar refractivity (Wildman–Crippen MR) is 105 cm³/mol. The number of carbonyl (C=O) groups is 1.